The molecule has 0 unspecified atom stereocenters. The average Bonchev–Trinajstić information content (AvgIpc) is 2.85. The van der Waals surface area contributed by atoms with Crippen molar-refractivity contribution in [2.45, 2.75) is 44.6 Å². The van der Waals surface area contributed by atoms with Crippen LogP contribution in [-0.2, 0) is 16.6 Å². The smallest absolute Gasteiger partial charge is 0.261 e. The van der Waals surface area contributed by atoms with E-state index in [0.717, 1.165) is 48.4 Å². The van der Waals surface area contributed by atoms with Gasteiger partial charge in [0.05, 0.1) is 4.90 Å². The Hall–Kier alpha value is -3.39. The lowest BCUT2D eigenvalue weighted by atomic mass is 10.1. The molecule has 3 aromatic rings. The van der Waals surface area contributed by atoms with Gasteiger partial charge in [-0.25, -0.2) is 13.4 Å². The highest BCUT2D eigenvalue weighted by molar-refractivity contribution is 7.92. The molecule has 1 aliphatic rings. The Balaban J connectivity index is 1.41. The molecule has 1 aromatic heterocycles. The molecule has 2 N–H and O–H groups in total. The van der Waals surface area contributed by atoms with Gasteiger partial charge in [-0.3, -0.25) is 9.52 Å². The number of amides is 1. The standard InChI is InChI=1S/C26H30N4O3S/c1-19-8-11-23(17-20(19)2)29-34(32,33)24-12-9-21(10-13-24)26(31)28-18-22-7-6-14-27-25(22)30-15-4-3-5-16-30/h6-14,17,29H,3-5,15-16,18H2,1-2H3,(H,28,31). The van der Waals surface area contributed by atoms with Crippen LogP contribution >= 0.6 is 0 Å². The van der Waals surface area contributed by atoms with Crippen molar-refractivity contribution >= 4 is 27.4 Å². The fourth-order valence-corrected chi connectivity index (χ4v) is 5.09. The van der Waals surface area contributed by atoms with Crippen LogP contribution in [0.4, 0.5) is 11.5 Å². The topological polar surface area (TPSA) is 91.4 Å². The van der Waals surface area contributed by atoms with Crippen LogP contribution in [0.5, 0.6) is 0 Å². The van der Waals surface area contributed by atoms with Gasteiger partial charge in [-0.1, -0.05) is 12.1 Å². The predicted molar refractivity (Wildman–Crippen MR) is 135 cm³/mol. The first-order chi connectivity index (χ1) is 16.3. The lowest BCUT2D eigenvalue weighted by Gasteiger charge is -2.29. The second-order valence-corrected chi connectivity index (χ2v) is 10.3. The highest BCUT2D eigenvalue weighted by Crippen LogP contribution is 2.22. The average molecular weight is 479 g/mol. The molecule has 4 rings (SSSR count). The number of aryl methyl sites for hydroxylation is 2. The van der Waals surface area contributed by atoms with Crippen LogP contribution < -0.4 is 14.9 Å². The van der Waals surface area contributed by atoms with Crippen molar-refractivity contribution < 1.29 is 13.2 Å². The first-order valence-corrected chi connectivity index (χ1v) is 13.0. The van der Waals surface area contributed by atoms with E-state index in [1.165, 1.54) is 30.7 Å². The summed E-state index contributed by atoms with van der Waals surface area (Å²) in [4.78, 5) is 19.6. The van der Waals surface area contributed by atoms with Crippen molar-refractivity contribution in [2.24, 2.45) is 0 Å². The second kappa shape index (κ2) is 10.3. The Morgan fingerprint density at radius 2 is 1.71 bits per heavy atom. The lowest BCUT2D eigenvalue weighted by Crippen LogP contribution is -2.32. The van der Waals surface area contributed by atoms with E-state index < -0.39 is 10.0 Å². The minimum absolute atomic E-state index is 0.0990. The molecule has 0 radical (unpaired) electrons. The molecule has 2 aromatic carbocycles. The number of rotatable bonds is 7. The monoisotopic (exact) mass is 478 g/mol. The van der Waals surface area contributed by atoms with Gasteiger partial charge in [0.2, 0.25) is 0 Å². The summed E-state index contributed by atoms with van der Waals surface area (Å²) in [6.07, 6.45) is 5.31. The molecule has 8 heteroatoms. The Bertz CT molecular complexity index is 1270. The molecule has 178 valence electrons. The molecule has 1 fully saturated rings. The Morgan fingerprint density at radius 3 is 2.41 bits per heavy atom. The molecule has 7 nitrogen and oxygen atoms in total. The number of hydrogen-bond donors (Lipinski definition) is 2. The van der Waals surface area contributed by atoms with E-state index in [9.17, 15) is 13.2 Å². The van der Waals surface area contributed by atoms with Gasteiger partial charge in [0, 0.05) is 42.6 Å². The highest BCUT2D eigenvalue weighted by atomic mass is 32.2. The Morgan fingerprint density at radius 1 is 0.971 bits per heavy atom. The quantitative estimate of drug-likeness (QED) is 0.525. The molecule has 1 amide bonds. The van der Waals surface area contributed by atoms with Gasteiger partial charge in [0.15, 0.2) is 0 Å². The summed E-state index contributed by atoms with van der Waals surface area (Å²) in [5, 5.41) is 2.93. The molecule has 2 heterocycles. The number of nitrogens with one attached hydrogen (secondary N) is 2. The minimum Gasteiger partial charge on any atom is -0.356 e. The predicted octanol–water partition coefficient (Wildman–Crippen LogP) is 4.42. The molecule has 34 heavy (non-hydrogen) atoms. The van der Waals surface area contributed by atoms with Crippen LogP contribution in [0.2, 0.25) is 0 Å². The Kier molecular flexibility index (Phi) is 7.17. The largest absolute Gasteiger partial charge is 0.356 e. The van der Waals surface area contributed by atoms with E-state index in [0.29, 0.717) is 17.8 Å². The highest BCUT2D eigenvalue weighted by Gasteiger charge is 2.18. The van der Waals surface area contributed by atoms with Crippen molar-refractivity contribution in [1.29, 1.82) is 0 Å². The molecule has 1 saturated heterocycles. The van der Waals surface area contributed by atoms with Crippen LogP contribution in [0.25, 0.3) is 0 Å². The first kappa shape index (κ1) is 23.8. The molecular formula is C26H30N4O3S. The first-order valence-electron chi connectivity index (χ1n) is 11.5. The number of carbonyl (C=O) groups is 1. The molecule has 0 atom stereocenters. The van der Waals surface area contributed by atoms with Gasteiger partial charge < -0.3 is 10.2 Å². The van der Waals surface area contributed by atoms with E-state index >= 15 is 0 Å². The molecule has 0 saturated carbocycles. The van der Waals surface area contributed by atoms with Gasteiger partial charge in [0.1, 0.15) is 5.82 Å². The molecule has 0 spiro atoms. The number of aromatic nitrogens is 1. The number of nitrogens with zero attached hydrogens (tertiary/aromatic N) is 2. The molecule has 0 bridgehead atoms. The van der Waals surface area contributed by atoms with Crippen molar-refractivity contribution in [3.8, 4) is 0 Å². The number of piperidine rings is 1. The number of carbonyl (C=O) groups excluding carboxylic acids is 1. The maximum Gasteiger partial charge on any atom is 0.261 e. The van der Waals surface area contributed by atoms with Gasteiger partial charge in [-0.05, 0) is 86.7 Å². The van der Waals surface area contributed by atoms with Crippen molar-refractivity contribution in [3.63, 3.8) is 0 Å². The van der Waals surface area contributed by atoms with Gasteiger partial charge in [-0.15, -0.1) is 0 Å². The van der Waals surface area contributed by atoms with E-state index in [2.05, 4.69) is 19.9 Å². The summed E-state index contributed by atoms with van der Waals surface area (Å²) in [5.41, 5.74) is 3.96. The molecule has 1 aliphatic heterocycles. The van der Waals surface area contributed by atoms with Crippen LogP contribution in [0.3, 0.4) is 0 Å². The number of hydrogen-bond acceptors (Lipinski definition) is 5. The maximum atomic E-state index is 12.8. The minimum atomic E-state index is -3.75. The van der Waals surface area contributed by atoms with Gasteiger partial charge >= 0.3 is 0 Å². The van der Waals surface area contributed by atoms with Crippen LogP contribution in [-0.4, -0.2) is 32.4 Å². The summed E-state index contributed by atoms with van der Waals surface area (Å²) in [5.74, 6) is 0.654. The van der Waals surface area contributed by atoms with E-state index in [1.807, 2.05) is 32.0 Å². The van der Waals surface area contributed by atoms with Crippen molar-refractivity contribution in [1.82, 2.24) is 10.3 Å². The van der Waals surface area contributed by atoms with Crippen molar-refractivity contribution in [2.75, 3.05) is 22.7 Å². The zero-order valence-electron chi connectivity index (χ0n) is 19.5. The zero-order chi connectivity index (χ0) is 24.1. The second-order valence-electron chi connectivity index (χ2n) is 8.65. The summed E-state index contributed by atoms with van der Waals surface area (Å²) in [6.45, 7) is 6.21. The fraction of sp³-hybridized carbons (Fsp3) is 0.308. The third-order valence-corrected chi connectivity index (χ3v) is 7.55. The summed E-state index contributed by atoms with van der Waals surface area (Å²) < 4.78 is 28.1. The third-order valence-electron chi connectivity index (χ3n) is 6.15. The number of pyridine rings is 1. The molecular weight excluding hydrogens is 448 g/mol. The number of anilines is 2. The number of benzene rings is 2. The third kappa shape index (κ3) is 5.56. The zero-order valence-corrected chi connectivity index (χ0v) is 20.4. The number of sulfonamides is 1. The summed E-state index contributed by atoms with van der Waals surface area (Å²) in [7, 11) is -3.75. The van der Waals surface area contributed by atoms with Crippen molar-refractivity contribution in [3.05, 3.63) is 83.0 Å². The van der Waals surface area contributed by atoms with Gasteiger partial charge in [0.25, 0.3) is 15.9 Å². The van der Waals surface area contributed by atoms with E-state index in [1.54, 1.807) is 18.3 Å². The van der Waals surface area contributed by atoms with Gasteiger partial charge in [-0.2, -0.15) is 0 Å². The molecule has 0 aliphatic carbocycles. The summed E-state index contributed by atoms with van der Waals surface area (Å²) in [6, 6.07) is 15.2. The SMILES string of the molecule is Cc1ccc(NS(=O)(=O)c2ccc(C(=O)NCc3cccnc3N3CCCCC3)cc2)cc1C. The Labute approximate surface area is 201 Å². The summed E-state index contributed by atoms with van der Waals surface area (Å²) >= 11 is 0. The lowest BCUT2D eigenvalue weighted by molar-refractivity contribution is 0.0951. The van der Waals surface area contributed by atoms with Crippen LogP contribution in [0.1, 0.15) is 46.3 Å². The fourth-order valence-electron chi connectivity index (χ4n) is 4.04. The normalized spacial score (nSPS) is 14.0. The van der Waals surface area contributed by atoms with Crippen LogP contribution in [0.15, 0.2) is 65.7 Å². The van der Waals surface area contributed by atoms with Crippen LogP contribution in [0, 0.1) is 13.8 Å². The van der Waals surface area contributed by atoms with E-state index in [-0.39, 0.29) is 10.8 Å². The maximum absolute atomic E-state index is 12.8. The van der Waals surface area contributed by atoms with E-state index in [4.69, 9.17) is 0 Å².